The van der Waals surface area contributed by atoms with Crippen LogP contribution in [0.2, 0.25) is 5.02 Å². The molecule has 1 aliphatic heterocycles. The second-order valence-corrected chi connectivity index (χ2v) is 9.08. The van der Waals surface area contributed by atoms with Gasteiger partial charge < -0.3 is 5.32 Å². The third-order valence-electron chi connectivity index (χ3n) is 4.67. The van der Waals surface area contributed by atoms with Crippen molar-refractivity contribution in [2.45, 2.75) is 18.6 Å². The molecular weight excluding hydrogens is 410 g/mol. The zero-order valence-electron chi connectivity index (χ0n) is 14.9. The van der Waals surface area contributed by atoms with Gasteiger partial charge in [-0.2, -0.15) is 0 Å². The maximum absolute atomic E-state index is 13.2. The Kier molecular flexibility index (Phi) is 6.32. The second-order valence-electron chi connectivity index (χ2n) is 6.67. The van der Waals surface area contributed by atoms with Crippen LogP contribution >= 0.6 is 11.6 Å². The standard InChI is InChI=1S/C19H19ClF2N2O3S/c20-15-3-1-13(2-4-15)12-28(26,27)24-9-7-14(8-10-24)19(25)23-16-5-6-17(21)18(22)11-16/h1-6,11,14H,7-10,12H2,(H,23,25). The fourth-order valence-corrected chi connectivity index (χ4v) is 4.79. The molecule has 0 unspecified atom stereocenters. The lowest BCUT2D eigenvalue weighted by atomic mass is 9.97. The molecule has 1 fully saturated rings. The first-order valence-corrected chi connectivity index (χ1v) is 10.7. The number of carbonyl (C=O) groups is 1. The third kappa shape index (κ3) is 5.06. The van der Waals surface area contributed by atoms with Crippen molar-refractivity contribution in [1.29, 1.82) is 0 Å². The van der Waals surface area contributed by atoms with E-state index in [0.717, 1.165) is 12.1 Å². The molecular formula is C19H19ClF2N2O3S. The normalized spacial score (nSPS) is 16.1. The lowest BCUT2D eigenvalue weighted by molar-refractivity contribution is -0.120. The highest BCUT2D eigenvalue weighted by atomic mass is 35.5. The zero-order chi connectivity index (χ0) is 20.3. The topological polar surface area (TPSA) is 66.5 Å². The van der Waals surface area contributed by atoms with E-state index in [4.69, 9.17) is 11.6 Å². The maximum Gasteiger partial charge on any atom is 0.227 e. The number of nitrogens with zero attached hydrogens (tertiary/aromatic N) is 1. The monoisotopic (exact) mass is 428 g/mol. The predicted molar refractivity (Wildman–Crippen MR) is 103 cm³/mol. The number of rotatable bonds is 5. The van der Waals surface area contributed by atoms with Crippen LogP contribution in [0.25, 0.3) is 0 Å². The summed E-state index contributed by atoms with van der Waals surface area (Å²) in [6, 6.07) is 9.75. The van der Waals surface area contributed by atoms with Gasteiger partial charge >= 0.3 is 0 Å². The summed E-state index contributed by atoms with van der Waals surface area (Å²) in [5, 5.41) is 3.09. The van der Waals surface area contributed by atoms with Crippen molar-refractivity contribution in [3.8, 4) is 0 Å². The molecule has 0 radical (unpaired) electrons. The summed E-state index contributed by atoms with van der Waals surface area (Å²) in [5.41, 5.74) is 0.810. The summed E-state index contributed by atoms with van der Waals surface area (Å²) in [6.45, 7) is 0.456. The van der Waals surface area contributed by atoms with E-state index in [1.54, 1.807) is 24.3 Å². The molecule has 5 nitrogen and oxygen atoms in total. The minimum atomic E-state index is -3.50. The molecule has 0 saturated carbocycles. The van der Waals surface area contributed by atoms with E-state index in [0.29, 0.717) is 23.4 Å². The minimum absolute atomic E-state index is 0.129. The first-order valence-electron chi connectivity index (χ1n) is 8.73. The molecule has 0 aromatic heterocycles. The molecule has 1 saturated heterocycles. The highest BCUT2D eigenvalue weighted by molar-refractivity contribution is 7.88. The minimum Gasteiger partial charge on any atom is -0.326 e. The van der Waals surface area contributed by atoms with E-state index in [-0.39, 0.29) is 30.4 Å². The molecule has 0 aliphatic carbocycles. The molecule has 0 spiro atoms. The van der Waals surface area contributed by atoms with Gasteiger partial charge in [0, 0.05) is 35.8 Å². The Hall–Kier alpha value is -2.03. The Morgan fingerprint density at radius 3 is 2.32 bits per heavy atom. The Balaban J connectivity index is 1.56. The van der Waals surface area contributed by atoms with Crippen molar-refractivity contribution in [3.63, 3.8) is 0 Å². The quantitative estimate of drug-likeness (QED) is 0.787. The number of nitrogens with one attached hydrogen (secondary N) is 1. The summed E-state index contributed by atoms with van der Waals surface area (Å²) in [6.07, 6.45) is 0.713. The van der Waals surface area contributed by atoms with Crippen molar-refractivity contribution >= 4 is 33.2 Å². The Labute approximate surface area is 167 Å². The van der Waals surface area contributed by atoms with Gasteiger partial charge in [0.15, 0.2) is 11.6 Å². The number of halogens is 3. The van der Waals surface area contributed by atoms with E-state index in [1.165, 1.54) is 10.4 Å². The van der Waals surface area contributed by atoms with Gasteiger partial charge in [0.1, 0.15) is 0 Å². The van der Waals surface area contributed by atoms with Crippen LogP contribution in [0.15, 0.2) is 42.5 Å². The number of anilines is 1. The summed E-state index contributed by atoms with van der Waals surface area (Å²) in [5.74, 6) is -2.88. The van der Waals surface area contributed by atoms with Gasteiger partial charge in [0.2, 0.25) is 15.9 Å². The molecule has 0 bridgehead atoms. The van der Waals surface area contributed by atoms with Crippen LogP contribution in [0.5, 0.6) is 0 Å². The highest BCUT2D eigenvalue weighted by Gasteiger charge is 2.31. The third-order valence-corrected chi connectivity index (χ3v) is 6.77. The number of hydrogen-bond donors (Lipinski definition) is 1. The van der Waals surface area contributed by atoms with Gasteiger partial charge in [0.25, 0.3) is 0 Å². The van der Waals surface area contributed by atoms with E-state index in [9.17, 15) is 22.0 Å². The average Bonchev–Trinajstić information content (AvgIpc) is 2.66. The van der Waals surface area contributed by atoms with E-state index < -0.39 is 27.6 Å². The fourth-order valence-electron chi connectivity index (χ4n) is 3.10. The first-order chi connectivity index (χ1) is 13.2. The molecule has 3 rings (SSSR count). The van der Waals surface area contributed by atoms with Crippen molar-refractivity contribution < 1.29 is 22.0 Å². The highest BCUT2D eigenvalue weighted by Crippen LogP contribution is 2.24. The van der Waals surface area contributed by atoms with Gasteiger partial charge in [-0.15, -0.1) is 0 Å². The van der Waals surface area contributed by atoms with Crippen molar-refractivity contribution in [1.82, 2.24) is 4.31 Å². The largest absolute Gasteiger partial charge is 0.326 e. The number of sulfonamides is 1. The van der Waals surface area contributed by atoms with Crippen LogP contribution in [0.4, 0.5) is 14.5 Å². The Morgan fingerprint density at radius 1 is 1.07 bits per heavy atom. The van der Waals surface area contributed by atoms with Crippen LogP contribution < -0.4 is 5.32 Å². The van der Waals surface area contributed by atoms with Gasteiger partial charge in [-0.25, -0.2) is 21.5 Å². The number of piperidine rings is 1. The van der Waals surface area contributed by atoms with Crippen LogP contribution in [0.3, 0.4) is 0 Å². The predicted octanol–water partition coefficient (Wildman–Crippen LogP) is 3.80. The van der Waals surface area contributed by atoms with Gasteiger partial charge in [-0.1, -0.05) is 23.7 Å². The Bertz CT molecular complexity index is 960. The van der Waals surface area contributed by atoms with Crippen molar-refractivity contribution in [3.05, 3.63) is 64.7 Å². The maximum atomic E-state index is 13.2. The second kappa shape index (κ2) is 8.55. The number of carbonyl (C=O) groups excluding carboxylic acids is 1. The molecule has 28 heavy (non-hydrogen) atoms. The van der Waals surface area contributed by atoms with Crippen LogP contribution in [0, 0.1) is 17.6 Å². The molecule has 150 valence electrons. The summed E-state index contributed by atoms with van der Waals surface area (Å²) in [4.78, 5) is 12.3. The van der Waals surface area contributed by atoms with Crippen LogP contribution in [-0.4, -0.2) is 31.7 Å². The number of hydrogen-bond acceptors (Lipinski definition) is 3. The molecule has 1 heterocycles. The van der Waals surface area contributed by atoms with Gasteiger partial charge in [-0.3, -0.25) is 4.79 Å². The summed E-state index contributed by atoms with van der Waals surface area (Å²) >= 11 is 5.81. The van der Waals surface area contributed by atoms with Gasteiger partial charge in [0.05, 0.1) is 5.75 Å². The molecule has 9 heteroatoms. The van der Waals surface area contributed by atoms with Crippen LogP contribution in [-0.2, 0) is 20.6 Å². The molecule has 2 aromatic rings. The van der Waals surface area contributed by atoms with E-state index in [2.05, 4.69) is 5.32 Å². The molecule has 1 amide bonds. The van der Waals surface area contributed by atoms with E-state index in [1.807, 2.05) is 0 Å². The van der Waals surface area contributed by atoms with Crippen molar-refractivity contribution in [2.75, 3.05) is 18.4 Å². The first kappa shape index (κ1) is 20.7. The molecule has 2 aromatic carbocycles. The van der Waals surface area contributed by atoms with E-state index >= 15 is 0 Å². The number of amides is 1. The summed E-state index contributed by atoms with van der Waals surface area (Å²) < 4.78 is 52.8. The SMILES string of the molecule is O=C(Nc1ccc(F)c(F)c1)C1CCN(S(=O)(=O)Cc2ccc(Cl)cc2)CC1. The summed E-state index contributed by atoms with van der Waals surface area (Å²) in [7, 11) is -3.50. The smallest absolute Gasteiger partial charge is 0.227 e. The van der Waals surface area contributed by atoms with Crippen molar-refractivity contribution in [2.24, 2.45) is 5.92 Å². The Morgan fingerprint density at radius 2 is 1.71 bits per heavy atom. The molecule has 1 N–H and O–H groups in total. The lowest BCUT2D eigenvalue weighted by Gasteiger charge is -2.30. The zero-order valence-corrected chi connectivity index (χ0v) is 16.4. The lowest BCUT2D eigenvalue weighted by Crippen LogP contribution is -2.41. The van der Waals surface area contributed by atoms with Crippen LogP contribution in [0.1, 0.15) is 18.4 Å². The number of benzene rings is 2. The van der Waals surface area contributed by atoms with Gasteiger partial charge in [-0.05, 0) is 42.7 Å². The fraction of sp³-hybridized carbons (Fsp3) is 0.316. The molecule has 1 aliphatic rings. The molecule has 0 atom stereocenters. The average molecular weight is 429 g/mol.